The lowest BCUT2D eigenvalue weighted by Gasteiger charge is -2.20. The van der Waals surface area contributed by atoms with Gasteiger partial charge in [0.2, 0.25) is 0 Å². The molecule has 1 heterocycles. The molecule has 132 valence electrons. The Labute approximate surface area is 146 Å². The maximum atomic E-state index is 13.0. The van der Waals surface area contributed by atoms with Crippen molar-refractivity contribution in [2.45, 2.75) is 45.6 Å². The zero-order chi connectivity index (χ0) is 17.4. The van der Waals surface area contributed by atoms with Gasteiger partial charge in [-0.1, -0.05) is 11.6 Å². The summed E-state index contributed by atoms with van der Waals surface area (Å²) in [4.78, 5) is 12.2. The molecule has 0 amide bonds. The number of hydrogen-bond acceptors (Lipinski definition) is 4. The second-order valence-electron chi connectivity index (χ2n) is 7.39. The second kappa shape index (κ2) is 6.62. The van der Waals surface area contributed by atoms with Gasteiger partial charge in [0, 0.05) is 17.5 Å². The highest BCUT2D eigenvalue weighted by Crippen LogP contribution is 2.49. The third-order valence-corrected chi connectivity index (χ3v) is 5.81. The van der Waals surface area contributed by atoms with Crippen LogP contribution < -0.4 is 0 Å². The van der Waals surface area contributed by atoms with Gasteiger partial charge in [-0.25, -0.2) is 4.39 Å². The van der Waals surface area contributed by atoms with Gasteiger partial charge >= 0.3 is 5.97 Å². The van der Waals surface area contributed by atoms with Crippen molar-refractivity contribution < 1.29 is 18.4 Å². The van der Waals surface area contributed by atoms with E-state index in [0.29, 0.717) is 23.8 Å². The highest BCUT2D eigenvalue weighted by atomic mass is 19.1. The van der Waals surface area contributed by atoms with Crippen molar-refractivity contribution in [1.29, 1.82) is 0 Å². The molecule has 0 saturated heterocycles. The van der Waals surface area contributed by atoms with Crippen molar-refractivity contribution >= 4 is 5.97 Å². The molecular formula is C20H22FNO3. The molecule has 2 saturated carbocycles. The highest BCUT2D eigenvalue weighted by molar-refractivity contribution is 5.70. The average Bonchev–Trinajstić information content (AvgIpc) is 3.30. The summed E-state index contributed by atoms with van der Waals surface area (Å²) in [6.45, 7) is 1.99. The average molecular weight is 343 g/mol. The van der Waals surface area contributed by atoms with E-state index >= 15 is 0 Å². The van der Waals surface area contributed by atoms with Gasteiger partial charge in [-0.15, -0.1) is 0 Å². The Kier molecular flexibility index (Phi) is 4.32. The Morgan fingerprint density at radius 1 is 1.28 bits per heavy atom. The number of carbonyl (C=O) groups excluding carboxylic acids is 1. The molecule has 0 spiro atoms. The normalized spacial score (nSPS) is 24.6. The van der Waals surface area contributed by atoms with Crippen LogP contribution in [0.2, 0.25) is 0 Å². The molecule has 2 aliphatic rings. The van der Waals surface area contributed by atoms with Gasteiger partial charge < -0.3 is 9.26 Å². The summed E-state index contributed by atoms with van der Waals surface area (Å²) in [7, 11) is 0. The lowest BCUT2D eigenvalue weighted by molar-refractivity contribution is -0.146. The van der Waals surface area contributed by atoms with Gasteiger partial charge in [0.15, 0.2) is 5.76 Å². The first-order chi connectivity index (χ1) is 12.1. The van der Waals surface area contributed by atoms with Crippen molar-refractivity contribution in [3.8, 4) is 11.3 Å². The summed E-state index contributed by atoms with van der Waals surface area (Å²) in [6.07, 6.45) is 5.59. The van der Waals surface area contributed by atoms with E-state index in [1.807, 2.05) is 6.92 Å². The Morgan fingerprint density at radius 2 is 2.08 bits per heavy atom. The summed E-state index contributed by atoms with van der Waals surface area (Å²) in [5, 5.41) is 4.01. The molecule has 1 aromatic carbocycles. The molecule has 0 N–H and O–H groups in total. The zero-order valence-corrected chi connectivity index (χ0v) is 14.3. The third kappa shape index (κ3) is 3.32. The predicted molar refractivity (Wildman–Crippen MR) is 90.0 cm³/mol. The van der Waals surface area contributed by atoms with Gasteiger partial charge in [0.05, 0.1) is 0 Å². The van der Waals surface area contributed by atoms with Crippen molar-refractivity contribution in [2.75, 3.05) is 0 Å². The molecule has 25 heavy (non-hydrogen) atoms. The fourth-order valence-corrected chi connectivity index (χ4v) is 4.42. The van der Waals surface area contributed by atoms with E-state index in [2.05, 4.69) is 5.16 Å². The number of halogens is 1. The first-order valence-corrected chi connectivity index (χ1v) is 8.97. The molecule has 2 bridgehead atoms. The minimum absolute atomic E-state index is 0.121. The van der Waals surface area contributed by atoms with Crippen LogP contribution in [0.1, 0.15) is 43.4 Å². The van der Waals surface area contributed by atoms with Crippen molar-refractivity contribution in [2.24, 2.45) is 17.8 Å². The van der Waals surface area contributed by atoms with E-state index in [9.17, 15) is 9.18 Å². The molecule has 0 aliphatic heterocycles. The fourth-order valence-electron chi connectivity index (χ4n) is 4.42. The van der Waals surface area contributed by atoms with E-state index in [-0.39, 0.29) is 18.4 Å². The first kappa shape index (κ1) is 16.3. The summed E-state index contributed by atoms with van der Waals surface area (Å²) >= 11 is 0. The largest absolute Gasteiger partial charge is 0.459 e. The maximum Gasteiger partial charge on any atom is 0.306 e. The lowest BCUT2D eigenvalue weighted by Crippen LogP contribution is -2.17. The Hall–Kier alpha value is -2.17. The number of hydrogen-bond donors (Lipinski definition) is 0. The van der Waals surface area contributed by atoms with Crippen molar-refractivity contribution in [3.05, 3.63) is 41.3 Å². The molecule has 2 aliphatic carbocycles. The van der Waals surface area contributed by atoms with E-state index in [0.717, 1.165) is 23.0 Å². The van der Waals surface area contributed by atoms with E-state index in [1.165, 1.54) is 37.8 Å². The van der Waals surface area contributed by atoms with Crippen LogP contribution in [0, 0.1) is 30.5 Å². The van der Waals surface area contributed by atoms with Crippen molar-refractivity contribution in [3.63, 3.8) is 0 Å². The fraction of sp³-hybridized carbons (Fsp3) is 0.500. The quantitative estimate of drug-likeness (QED) is 0.741. The van der Waals surface area contributed by atoms with Crippen molar-refractivity contribution in [1.82, 2.24) is 5.16 Å². The maximum absolute atomic E-state index is 13.0. The van der Waals surface area contributed by atoms with Gasteiger partial charge in [-0.3, -0.25) is 4.79 Å². The Morgan fingerprint density at radius 3 is 2.76 bits per heavy atom. The van der Waals surface area contributed by atoms with Crippen LogP contribution in [0.15, 0.2) is 28.8 Å². The molecule has 4 rings (SSSR count). The number of aromatic nitrogens is 1. The number of esters is 1. The molecule has 0 radical (unpaired) electrons. The van der Waals surface area contributed by atoms with Crippen LogP contribution in [-0.2, 0) is 16.1 Å². The van der Waals surface area contributed by atoms with Gasteiger partial charge in [-0.2, -0.15) is 0 Å². The van der Waals surface area contributed by atoms with Crippen LogP contribution in [-0.4, -0.2) is 11.1 Å². The third-order valence-electron chi connectivity index (χ3n) is 5.81. The SMILES string of the molecule is Cc1c(COC(=O)C[C@@H]2C[C@H]3CC[C@@H]2C3)noc1-c1ccc(F)cc1. The summed E-state index contributed by atoms with van der Waals surface area (Å²) in [5.41, 5.74) is 2.19. The minimum atomic E-state index is -0.296. The summed E-state index contributed by atoms with van der Waals surface area (Å²) in [5.74, 6) is 2.19. The minimum Gasteiger partial charge on any atom is -0.459 e. The molecule has 2 fully saturated rings. The molecule has 1 aromatic heterocycles. The molecule has 5 heteroatoms. The van der Waals surface area contributed by atoms with Crippen LogP contribution in [0.5, 0.6) is 0 Å². The summed E-state index contributed by atoms with van der Waals surface area (Å²) in [6, 6.07) is 6.06. The number of rotatable bonds is 5. The number of ether oxygens (including phenoxy) is 1. The van der Waals surface area contributed by atoms with Gasteiger partial charge in [-0.05, 0) is 68.2 Å². The molecule has 0 unspecified atom stereocenters. The van der Waals surface area contributed by atoms with Crippen LogP contribution >= 0.6 is 0 Å². The van der Waals surface area contributed by atoms with Crippen LogP contribution in [0.25, 0.3) is 11.3 Å². The molecule has 3 atom stereocenters. The van der Waals surface area contributed by atoms with Gasteiger partial charge in [0.25, 0.3) is 0 Å². The second-order valence-corrected chi connectivity index (χ2v) is 7.39. The number of benzene rings is 1. The monoisotopic (exact) mass is 343 g/mol. The smallest absolute Gasteiger partial charge is 0.306 e. The highest BCUT2D eigenvalue weighted by Gasteiger charge is 2.40. The van der Waals surface area contributed by atoms with Crippen LogP contribution in [0.4, 0.5) is 4.39 Å². The standard InChI is InChI=1S/C20H22FNO3/c1-12-18(22-25-20(12)14-4-6-17(21)7-5-14)11-24-19(23)10-16-9-13-2-3-15(16)8-13/h4-7,13,15-16H,2-3,8-11H2,1H3/t13-,15+,16-/m0/s1. The van der Waals surface area contributed by atoms with Crippen LogP contribution in [0.3, 0.4) is 0 Å². The molecular weight excluding hydrogens is 321 g/mol. The topological polar surface area (TPSA) is 52.3 Å². The number of carbonyl (C=O) groups is 1. The number of fused-ring (bicyclic) bond motifs is 2. The molecule has 4 nitrogen and oxygen atoms in total. The molecule has 2 aromatic rings. The summed E-state index contributed by atoms with van der Waals surface area (Å²) < 4.78 is 23.8. The number of nitrogens with zero attached hydrogens (tertiary/aromatic N) is 1. The van der Waals surface area contributed by atoms with E-state index in [1.54, 1.807) is 12.1 Å². The predicted octanol–water partition coefficient (Wildman–Crippen LogP) is 4.66. The Balaban J connectivity index is 1.35. The van der Waals surface area contributed by atoms with Gasteiger partial charge in [0.1, 0.15) is 18.1 Å². The van der Waals surface area contributed by atoms with E-state index < -0.39 is 0 Å². The lowest BCUT2D eigenvalue weighted by atomic mass is 9.86. The first-order valence-electron chi connectivity index (χ1n) is 8.97. The zero-order valence-electron chi connectivity index (χ0n) is 14.3. The Bertz CT molecular complexity index is 768. The van der Waals surface area contributed by atoms with E-state index in [4.69, 9.17) is 9.26 Å².